The molecule has 1 aliphatic heterocycles. The van der Waals surface area contributed by atoms with Crippen LogP contribution in [-0.2, 0) is 0 Å². The zero-order valence-corrected chi connectivity index (χ0v) is 6.27. The summed E-state index contributed by atoms with van der Waals surface area (Å²) in [7, 11) is -0.0945. The van der Waals surface area contributed by atoms with Gasteiger partial charge in [-0.05, 0) is 0 Å². The molecule has 0 aromatic carbocycles. The maximum Gasteiger partial charge on any atom is 1.00 e. The molecule has 0 atom stereocenters. The first-order valence-electron chi connectivity index (χ1n) is 3.39. The average molecular weight is 115 g/mol. The van der Waals surface area contributed by atoms with Gasteiger partial charge in [-0.3, -0.25) is 0 Å². The monoisotopic (exact) mass is 115 g/mol. The minimum atomic E-state index is -0.0945. The van der Waals surface area contributed by atoms with Crippen LogP contribution in [0.4, 0.5) is 0 Å². The summed E-state index contributed by atoms with van der Waals surface area (Å²) in [6, 6.07) is 3.25. The van der Waals surface area contributed by atoms with E-state index >= 15 is 0 Å². The molecule has 0 unspecified atom stereocenters. The second-order valence-electron chi connectivity index (χ2n) is 2.74. The van der Waals surface area contributed by atoms with Crippen LogP contribution in [0.25, 0.3) is 0 Å². The van der Waals surface area contributed by atoms with Crippen LogP contribution in [-0.4, -0.2) is 8.80 Å². The van der Waals surface area contributed by atoms with E-state index in [0.717, 1.165) is 0 Å². The van der Waals surface area contributed by atoms with E-state index in [0.29, 0.717) is 0 Å². The molecule has 0 aliphatic carbocycles. The lowest BCUT2D eigenvalue weighted by Gasteiger charge is -2.14. The topological polar surface area (TPSA) is 0 Å². The van der Waals surface area contributed by atoms with Crippen LogP contribution in [0.1, 0.15) is 20.7 Å². The molecular weight excluding hydrogens is 100 g/mol. The van der Waals surface area contributed by atoms with Gasteiger partial charge in [-0.25, -0.2) is 0 Å². The van der Waals surface area contributed by atoms with Crippen LogP contribution >= 0.6 is 0 Å². The van der Waals surface area contributed by atoms with Gasteiger partial charge in [-0.1, -0.05) is 37.9 Å². The molecule has 42 valence electrons. The smallest absolute Gasteiger partial charge is 0.0720 e. The van der Waals surface area contributed by atoms with E-state index in [4.69, 9.17) is 0 Å². The maximum atomic E-state index is 2.50. The third-order valence-electron chi connectivity index (χ3n) is 1.89. The van der Waals surface area contributed by atoms with Crippen molar-refractivity contribution in [3.8, 4) is 0 Å². The Bertz CT molecular complexity index is 50.5. The molecule has 0 spiro atoms. The molecular formula is C6H15Si+. The Labute approximate surface area is 49.0 Å². The molecule has 0 N–H and O–H groups in total. The first-order chi connectivity index (χ1) is 3.39. The van der Waals surface area contributed by atoms with Gasteiger partial charge in [0.1, 0.15) is 0 Å². The van der Waals surface area contributed by atoms with Gasteiger partial charge in [0.25, 0.3) is 0 Å². The highest BCUT2D eigenvalue weighted by molar-refractivity contribution is 6.57. The predicted octanol–water partition coefficient (Wildman–Crippen LogP) is 2.14. The fraction of sp³-hybridized carbons (Fsp3) is 1.00. The van der Waals surface area contributed by atoms with Crippen molar-refractivity contribution in [3.05, 3.63) is 0 Å². The molecule has 0 aromatic rings. The molecule has 0 nitrogen and oxygen atoms in total. The number of hydrogen-bond donors (Lipinski definition) is 0. The van der Waals surface area contributed by atoms with Crippen LogP contribution in [0, 0.1) is 0 Å². The molecule has 1 heteroatoms. The van der Waals surface area contributed by atoms with Crippen LogP contribution in [0.2, 0.25) is 18.6 Å². The second kappa shape index (κ2) is 2.51. The predicted molar refractivity (Wildman–Crippen MR) is 37.6 cm³/mol. The highest BCUT2D eigenvalue weighted by Crippen LogP contribution is 2.17. The Kier molecular flexibility index (Phi) is 1.92. The minimum absolute atomic E-state index is 0. The van der Waals surface area contributed by atoms with Gasteiger partial charge in [0.15, 0.2) is 0 Å². The first-order valence-corrected chi connectivity index (χ1v) is 6.18. The van der Waals surface area contributed by atoms with E-state index in [1.807, 2.05) is 0 Å². The maximum absolute atomic E-state index is 2.50. The van der Waals surface area contributed by atoms with Crippen molar-refractivity contribution in [2.75, 3.05) is 0 Å². The van der Waals surface area contributed by atoms with Gasteiger partial charge < -0.3 is 0 Å². The third kappa shape index (κ3) is 1.64. The molecule has 0 saturated carbocycles. The van der Waals surface area contributed by atoms with Crippen LogP contribution in [0.5, 0.6) is 0 Å². The van der Waals surface area contributed by atoms with Crippen molar-refractivity contribution in [1.29, 1.82) is 0 Å². The van der Waals surface area contributed by atoms with Crippen LogP contribution in [0.3, 0.4) is 0 Å². The minimum Gasteiger partial charge on any atom is -0.0720 e. The Morgan fingerprint density at radius 2 is 1.71 bits per heavy atom. The van der Waals surface area contributed by atoms with Gasteiger partial charge >= 0.3 is 1.43 Å². The quantitative estimate of drug-likeness (QED) is 0.424. The standard InChI is InChI=1S/C6H14Si/c1-7-5-3-2-4-6-7/h7H,2-6H2,1H3/p+1. The summed E-state index contributed by atoms with van der Waals surface area (Å²) in [5.41, 5.74) is 0. The SMILES string of the molecule is C[SiH]1CCCCC1.[H+]. The van der Waals surface area contributed by atoms with Crippen LogP contribution < -0.4 is 0 Å². The second-order valence-corrected chi connectivity index (χ2v) is 6.11. The van der Waals surface area contributed by atoms with E-state index in [1.54, 1.807) is 24.9 Å². The summed E-state index contributed by atoms with van der Waals surface area (Å²) in [6.07, 6.45) is 4.62. The van der Waals surface area contributed by atoms with Crippen molar-refractivity contribution in [1.82, 2.24) is 0 Å². The van der Waals surface area contributed by atoms with Crippen molar-refractivity contribution in [2.24, 2.45) is 0 Å². The molecule has 7 heavy (non-hydrogen) atoms. The molecule has 0 bridgehead atoms. The molecule has 0 radical (unpaired) electrons. The molecule has 1 fully saturated rings. The Balaban J connectivity index is 0.000000490. The van der Waals surface area contributed by atoms with Crippen molar-refractivity contribution >= 4 is 8.80 Å². The highest BCUT2D eigenvalue weighted by Gasteiger charge is 2.07. The summed E-state index contributed by atoms with van der Waals surface area (Å²) >= 11 is 0. The zero-order valence-electron chi connectivity index (χ0n) is 6.11. The summed E-state index contributed by atoms with van der Waals surface area (Å²) < 4.78 is 0. The van der Waals surface area contributed by atoms with Gasteiger partial charge in [-0.15, -0.1) is 0 Å². The average Bonchev–Trinajstić information content (AvgIpc) is 1.69. The molecule has 1 rings (SSSR count). The van der Waals surface area contributed by atoms with Crippen molar-refractivity contribution in [2.45, 2.75) is 37.9 Å². The molecule has 1 aliphatic rings. The van der Waals surface area contributed by atoms with Crippen molar-refractivity contribution in [3.63, 3.8) is 0 Å². The lowest BCUT2D eigenvalue weighted by atomic mass is 10.3. The Hall–Kier alpha value is 0.217. The fourth-order valence-electron chi connectivity index (χ4n) is 1.31. The lowest BCUT2D eigenvalue weighted by molar-refractivity contribution is 0.725. The molecule has 0 amide bonds. The Morgan fingerprint density at radius 1 is 1.14 bits per heavy atom. The first kappa shape index (κ1) is 5.36. The summed E-state index contributed by atoms with van der Waals surface area (Å²) in [6.45, 7) is 2.50. The number of hydrogen-bond acceptors (Lipinski definition) is 0. The molecule has 0 aromatic heterocycles. The lowest BCUT2D eigenvalue weighted by Crippen LogP contribution is -2.09. The molecule has 1 saturated heterocycles. The largest absolute Gasteiger partial charge is 1.00 e. The van der Waals surface area contributed by atoms with E-state index in [-0.39, 0.29) is 10.2 Å². The van der Waals surface area contributed by atoms with Crippen molar-refractivity contribution < 1.29 is 1.43 Å². The summed E-state index contributed by atoms with van der Waals surface area (Å²) in [5.74, 6) is 0. The number of rotatable bonds is 0. The van der Waals surface area contributed by atoms with Gasteiger partial charge in [-0.2, -0.15) is 0 Å². The van der Waals surface area contributed by atoms with E-state index < -0.39 is 0 Å². The van der Waals surface area contributed by atoms with E-state index in [9.17, 15) is 0 Å². The van der Waals surface area contributed by atoms with Gasteiger partial charge in [0.2, 0.25) is 0 Å². The molecule has 1 heterocycles. The fourth-order valence-corrected chi connectivity index (χ4v) is 3.57. The van der Waals surface area contributed by atoms with E-state index in [1.165, 1.54) is 6.42 Å². The summed E-state index contributed by atoms with van der Waals surface area (Å²) in [4.78, 5) is 0. The normalized spacial score (nSPS) is 25.3. The van der Waals surface area contributed by atoms with Crippen LogP contribution in [0.15, 0.2) is 0 Å². The highest BCUT2D eigenvalue weighted by atomic mass is 28.3. The van der Waals surface area contributed by atoms with Gasteiger partial charge in [0, 0.05) is 8.80 Å². The third-order valence-corrected chi connectivity index (χ3v) is 4.68. The van der Waals surface area contributed by atoms with E-state index in [2.05, 4.69) is 6.55 Å². The Morgan fingerprint density at radius 3 is 2.00 bits per heavy atom. The summed E-state index contributed by atoms with van der Waals surface area (Å²) in [5, 5.41) is 0. The zero-order chi connectivity index (χ0) is 5.11. The van der Waals surface area contributed by atoms with Gasteiger partial charge in [0.05, 0.1) is 0 Å².